The lowest BCUT2D eigenvalue weighted by Crippen LogP contribution is -2.57. The summed E-state index contributed by atoms with van der Waals surface area (Å²) in [5.41, 5.74) is -4.67. The van der Waals surface area contributed by atoms with E-state index in [-0.39, 0.29) is 37.8 Å². The van der Waals surface area contributed by atoms with E-state index < -0.39 is 58.5 Å². The van der Waals surface area contributed by atoms with Crippen LogP contribution >= 0.6 is 0 Å². The molecule has 4 rings (SSSR count). The van der Waals surface area contributed by atoms with Gasteiger partial charge in [0.05, 0.1) is 36.0 Å². The molecule has 0 aromatic heterocycles. The minimum absolute atomic E-state index is 0.0191. The highest BCUT2D eigenvalue weighted by Gasteiger charge is 2.40. The number of halogens is 9. The predicted octanol–water partition coefficient (Wildman–Crippen LogP) is 6.23. The van der Waals surface area contributed by atoms with Gasteiger partial charge in [-0.2, -0.15) is 39.5 Å². The summed E-state index contributed by atoms with van der Waals surface area (Å²) in [6.45, 7) is 6.98. The Kier molecular flexibility index (Phi) is 10.3. The number of nitrogens with zero attached hydrogens (tertiary/aromatic N) is 3. The Morgan fingerprint density at radius 2 is 1.38 bits per heavy atom. The maximum Gasteiger partial charge on any atom is 0.419 e. The molecule has 15 heteroatoms. The van der Waals surface area contributed by atoms with Crippen LogP contribution in [-0.2, 0) is 29.7 Å². The first-order chi connectivity index (χ1) is 20.8. The smallest absolute Gasteiger partial charge is 0.419 e. The molecule has 0 aliphatic carbocycles. The minimum atomic E-state index is -5.14. The second-order valence-corrected chi connectivity index (χ2v) is 11.5. The van der Waals surface area contributed by atoms with Gasteiger partial charge in [0.15, 0.2) is 0 Å². The zero-order valence-corrected chi connectivity index (χ0v) is 24.8. The summed E-state index contributed by atoms with van der Waals surface area (Å²) >= 11 is 0. The Morgan fingerprint density at radius 3 is 1.91 bits per heavy atom. The highest BCUT2D eigenvalue weighted by Crippen LogP contribution is 2.38. The number of carbonyl (C=O) groups excluding carboxylic acids is 1. The van der Waals surface area contributed by atoms with Crippen molar-refractivity contribution in [1.29, 1.82) is 0 Å². The van der Waals surface area contributed by atoms with Crippen LogP contribution in [0.1, 0.15) is 46.5 Å². The number of rotatable bonds is 7. The molecule has 2 aromatic rings. The third-order valence-electron chi connectivity index (χ3n) is 7.93. The van der Waals surface area contributed by atoms with E-state index in [1.807, 2.05) is 18.7 Å². The van der Waals surface area contributed by atoms with E-state index >= 15 is 0 Å². The zero-order chi connectivity index (χ0) is 33.3. The Balaban J connectivity index is 1.63. The number of amides is 1. The monoisotopic (exact) mass is 655 g/mol. The van der Waals surface area contributed by atoms with E-state index in [9.17, 15) is 44.3 Å². The van der Waals surface area contributed by atoms with Crippen LogP contribution in [0.25, 0.3) is 0 Å². The van der Waals surface area contributed by atoms with Gasteiger partial charge < -0.3 is 14.4 Å². The van der Waals surface area contributed by atoms with Crippen LogP contribution in [0.4, 0.5) is 39.5 Å². The third kappa shape index (κ3) is 8.82. The van der Waals surface area contributed by atoms with Gasteiger partial charge in [-0.05, 0) is 56.2 Å². The first kappa shape index (κ1) is 34.8. The van der Waals surface area contributed by atoms with Crippen molar-refractivity contribution in [3.63, 3.8) is 0 Å². The van der Waals surface area contributed by atoms with Gasteiger partial charge in [0.2, 0.25) is 0 Å². The summed E-state index contributed by atoms with van der Waals surface area (Å²) in [7, 11) is 1.08. The number of hydrogen-bond donors (Lipinski definition) is 0. The van der Waals surface area contributed by atoms with Crippen molar-refractivity contribution in [3.8, 4) is 5.75 Å². The number of benzene rings is 2. The maximum atomic E-state index is 13.6. The van der Waals surface area contributed by atoms with Gasteiger partial charge in [-0.1, -0.05) is 6.07 Å². The van der Waals surface area contributed by atoms with Crippen LogP contribution in [0.15, 0.2) is 36.4 Å². The lowest BCUT2D eigenvalue weighted by molar-refractivity contribution is -0.143. The summed E-state index contributed by atoms with van der Waals surface area (Å²) in [5.74, 6) is -1.49. The summed E-state index contributed by atoms with van der Waals surface area (Å²) in [4.78, 5) is 19.1. The Bertz CT molecular complexity index is 1300. The molecule has 2 aromatic carbocycles. The number of carbonyl (C=O) groups is 1. The Labute approximate surface area is 254 Å². The van der Waals surface area contributed by atoms with E-state index in [1.165, 1.54) is 17.0 Å². The highest BCUT2D eigenvalue weighted by atomic mass is 19.4. The van der Waals surface area contributed by atoms with Crippen LogP contribution in [0.5, 0.6) is 5.75 Å². The van der Waals surface area contributed by atoms with Crippen molar-refractivity contribution >= 4 is 5.91 Å². The van der Waals surface area contributed by atoms with Gasteiger partial charge in [-0.25, -0.2) is 0 Å². The van der Waals surface area contributed by atoms with Crippen LogP contribution in [0.3, 0.4) is 0 Å². The molecule has 0 radical (unpaired) electrons. The molecule has 0 spiro atoms. The second kappa shape index (κ2) is 13.4. The summed E-state index contributed by atoms with van der Waals surface area (Å²) in [6.07, 6.45) is -14.9. The van der Waals surface area contributed by atoms with E-state index in [2.05, 4.69) is 4.90 Å². The molecule has 2 aliphatic heterocycles. The lowest BCUT2D eigenvalue weighted by atomic mass is 9.98. The van der Waals surface area contributed by atoms with Crippen LogP contribution in [-0.4, -0.2) is 91.8 Å². The molecular weight excluding hydrogens is 621 g/mol. The van der Waals surface area contributed by atoms with Crippen molar-refractivity contribution in [2.75, 3.05) is 52.9 Å². The standard InChI is InChI=1S/C30H34F9N3O3/c1-18-15-41(16-19(2)45-18)7-6-40-8-9-42(24(17-40)10-20-4-5-25(30(37,38)39)26(11-20)44-3)27(43)21-12-22(28(31,32)33)14-23(13-21)29(34,35)36/h4-5,11-14,18-19,24H,6-10,15-17H2,1-3H3/t18?,19?,24-/m1/s1. The van der Waals surface area contributed by atoms with Crippen LogP contribution in [0.2, 0.25) is 0 Å². The topological polar surface area (TPSA) is 45.2 Å². The fourth-order valence-electron chi connectivity index (χ4n) is 5.93. The molecule has 0 saturated carbocycles. The van der Waals surface area contributed by atoms with E-state index in [0.717, 1.165) is 13.2 Å². The van der Waals surface area contributed by atoms with E-state index in [1.54, 1.807) is 0 Å². The number of morpholine rings is 1. The number of hydrogen-bond acceptors (Lipinski definition) is 5. The molecule has 0 N–H and O–H groups in total. The van der Waals surface area contributed by atoms with Gasteiger partial charge in [-0.15, -0.1) is 0 Å². The summed E-state index contributed by atoms with van der Waals surface area (Å²) < 4.78 is 132. The van der Waals surface area contributed by atoms with Crippen molar-refractivity contribution in [2.24, 2.45) is 0 Å². The molecule has 0 bridgehead atoms. The zero-order valence-electron chi connectivity index (χ0n) is 24.8. The first-order valence-electron chi connectivity index (χ1n) is 14.3. The normalized spacial score (nSPS) is 22.5. The molecule has 2 aliphatic rings. The fraction of sp³-hybridized carbons (Fsp3) is 0.567. The first-order valence-corrected chi connectivity index (χ1v) is 14.3. The second-order valence-electron chi connectivity index (χ2n) is 11.5. The van der Waals surface area contributed by atoms with Gasteiger partial charge in [0, 0.05) is 57.4 Å². The summed E-state index contributed by atoms with van der Waals surface area (Å²) in [5, 5.41) is 0. The lowest BCUT2D eigenvalue weighted by Gasteiger charge is -2.43. The van der Waals surface area contributed by atoms with Crippen molar-refractivity contribution in [1.82, 2.24) is 14.7 Å². The molecule has 45 heavy (non-hydrogen) atoms. The quantitative estimate of drug-likeness (QED) is 0.331. The van der Waals surface area contributed by atoms with Crippen LogP contribution in [0, 0.1) is 0 Å². The molecular formula is C30H34F9N3O3. The average Bonchev–Trinajstić information content (AvgIpc) is 2.93. The Morgan fingerprint density at radius 1 is 0.800 bits per heavy atom. The van der Waals surface area contributed by atoms with Gasteiger partial charge in [0.25, 0.3) is 5.91 Å². The number of ether oxygens (including phenoxy) is 2. The molecule has 6 nitrogen and oxygen atoms in total. The Hall–Kier alpha value is -3.04. The van der Waals surface area contributed by atoms with Crippen molar-refractivity contribution < 1.29 is 53.8 Å². The number of alkyl halides is 9. The van der Waals surface area contributed by atoms with Crippen LogP contribution < -0.4 is 4.74 Å². The fourth-order valence-corrected chi connectivity index (χ4v) is 5.93. The van der Waals surface area contributed by atoms with Gasteiger partial charge in [-0.3, -0.25) is 14.6 Å². The molecule has 2 fully saturated rings. The highest BCUT2D eigenvalue weighted by molar-refractivity contribution is 5.95. The van der Waals surface area contributed by atoms with Crippen molar-refractivity contribution in [3.05, 3.63) is 64.2 Å². The molecule has 2 saturated heterocycles. The number of methoxy groups -OCH3 is 1. The molecule has 2 heterocycles. The van der Waals surface area contributed by atoms with E-state index in [0.29, 0.717) is 50.4 Å². The third-order valence-corrected chi connectivity index (χ3v) is 7.93. The molecule has 1 amide bonds. The molecule has 3 atom stereocenters. The van der Waals surface area contributed by atoms with Gasteiger partial charge >= 0.3 is 18.5 Å². The molecule has 250 valence electrons. The predicted molar refractivity (Wildman–Crippen MR) is 146 cm³/mol. The number of piperazine rings is 1. The minimum Gasteiger partial charge on any atom is -0.496 e. The molecule has 2 unspecified atom stereocenters. The maximum absolute atomic E-state index is 13.6. The summed E-state index contributed by atoms with van der Waals surface area (Å²) in [6, 6.07) is 3.19. The average molecular weight is 656 g/mol. The largest absolute Gasteiger partial charge is 0.496 e. The van der Waals surface area contributed by atoms with Gasteiger partial charge in [0.1, 0.15) is 5.75 Å². The van der Waals surface area contributed by atoms with Crippen molar-refractivity contribution in [2.45, 2.75) is 57.0 Å². The van der Waals surface area contributed by atoms with E-state index in [4.69, 9.17) is 9.47 Å². The SMILES string of the molecule is COc1cc(C[C@@H]2CN(CCN3CC(C)OC(C)C3)CCN2C(=O)c2cc(C(F)(F)F)cc(C(F)(F)F)c2)ccc1C(F)(F)F.